The van der Waals surface area contributed by atoms with E-state index in [1.807, 2.05) is 31.2 Å². The number of aryl methyl sites for hydroxylation is 1. The van der Waals surface area contributed by atoms with Gasteiger partial charge in [-0.25, -0.2) is 4.79 Å². The lowest BCUT2D eigenvalue weighted by molar-refractivity contribution is -0.116. The molecule has 0 aromatic heterocycles. The van der Waals surface area contributed by atoms with Crippen LogP contribution in [0.3, 0.4) is 0 Å². The molecule has 2 aromatic carbocycles. The average molecular weight is 369 g/mol. The summed E-state index contributed by atoms with van der Waals surface area (Å²) in [5.74, 6) is 0.0977. The van der Waals surface area contributed by atoms with E-state index in [9.17, 15) is 9.59 Å². The molecular weight excluding hydrogens is 342 g/mol. The van der Waals surface area contributed by atoms with Gasteiger partial charge in [0, 0.05) is 0 Å². The number of para-hydroxylation sites is 1. The maximum atomic E-state index is 12.2. The number of ether oxygens (including phenoxy) is 2. The second-order valence-corrected chi connectivity index (χ2v) is 6.18. The van der Waals surface area contributed by atoms with Gasteiger partial charge in [-0.1, -0.05) is 44.5 Å². The molecule has 0 aliphatic carbocycles. The summed E-state index contributed by atoms with van der Waals surface area (Å²) in [4.78, 5) is 24.4. The van der Waals surface area contributed by atoms with Crippen molar-refractivity contribution in [3.8, 4) is 5.75 Å². The fourth-order valence-electron chi connectivity index (χ4n) is 2.45. The number of nitrogens with one attached hydrogen (secondary N) is 1. The molecule has 0 unspecified atom stereocenters. The molecule has 2 aromatic rings. The molecule has 0 bridgehead atoms. The number of hydrogen-bond donors (Lipinski definition) is 1. The standard InChI is InChI=1S/C22H27NO4/c1-3-5-15-27-22(25)19-8-6-7-9-20(19)23-21(24)14-16-26-18-12-10-17(4-2)11-13-18/h6-13H,3-5,14-16H2,1-2H3,(H,23,24). The van der Waals surface area contributed by atoms with Gasteiger partial charge in [-0.2, -0.15) is 0 Å². The van der Waals surface area contributed by atoms with Gasteiger partial charge in [-0.15, -0.1) is 0 Å². The Morgan fingerprint density at radius 2 is 1.70 bits per heavy atom. The molecule has 5 nitrogen and oxygen atoms in total. The Bertz CT molecular complexity index is 740. The van der Waals surface area contributed by atoms with Crippen LogP contribution < -0.4 is 10.1 Å². The third-order valence-corrected chi connectivity index (χ3v) is 4.08. The zero-order chi connectivity index (χ0) is 19.5. The van der Waals surface area contributed by atoms with Gasteiger partial charge < -0.3 is 14.8 Å². The van der Waals surface area contributed by atoms with Crippen LogP contribution in [0.2, 0.25) is 0 Å². The number of amides is 1. The SMILES string of the molecule is CCCCOC(=O)c1ccccc1NC(=O)CCOc1ccc(CC)cc1. The van der Waals surface area contributed by atoms with Crippen molar-refractivity contribution in [3.05, 3.63) is 59.7 Å². The molecule has 0 fully saturated rings. The topological polar surface area (TPSA) is 64.6 Å². The lowest BCUT2D eigenvalue weighted by Crippen LogP contribution is -2.18. The Labute approximate surface area is 160 Å². The highest BCUT2D eigenvalue weighted by atomic mass is 16.5. The largest absolute Gasteiger partial charge is 0.493 e. The first-order valence-electron chi connectivity index (χ1n) is 9.41. The van der Waals surface area contributed by atoms with Crippen LogP contribution in [0.1, 0.15) is 49.0 Å². The molecule has 0 radical (unpaired) electrons. The van der Waals surface area contributed by atoms with Gasteiger partial charge in [0.25, 0.3) is 0 Å². The molecule has 27 heavy (non-hydrogen) atoms. The number of rotatable bonds is 10. The van der Waals surface area contributed by atoms with E-state index >= 15 is 0 Å². The molecule has 0 spiro atoms. The number of unbranched alkanes of at least 4 members (excludes halogenated alkanes) is 1. The zero-order valence-electron chi connectivity index (χ0n) is 16.0. The third kappa shape index (κ3) is 6.77. The van der Waals surface area contributed by atoms with Gasteiger partial charge in [0.15, 0.2) is 0 Å². The van der Waals surface area contributed by atoms with Gasteiger partial charge in [-0.05, 0) is 42.7 Å². The maximum Gasteiger partial charge on any atom is 0.340 e. The second-order valence-electron chi connectivity index (χ2n) is 6.18. The van der Waals surface area contributed by atoms with Gasteiger partial charge in [0.1, 0.15) is 5.75 Å². The summed E-state index contributed by atoms with van der Waals surface area (Å²) in [5, 5.41) is 2.77. The Kier molecular flexibility index (Phi) is 8.36. The van der Waals surface area contributed by atoms with Gasteiger partial charge in [-0.3, -0.25) is 4.79 Å². The number of hydrogen-bond acceptors (Lipinski definition) is 4. The summed E-state index contributed by atoms with van der Waals surface area (Å²) in [5.41, 5.74) is 2.05. The molecule has 144 valence electrons. The first kappa shape index (κ1) is 20.5. The first-order chi connectivity index (χ1) is 13.1. The number of benzene rings is 2. The summed E-state index contributed by atoms with van der Waals surface area (Å²) in [6.45, 7) is 4.77. The minimum Gasteiger partial charge on any atom is -0.493 e. The van der Waals surface area contributed by atoms with Gasteiger partial charge in [0.05, 0.1) is 30.9 Å². The van der Waals surface area contributed by atoms with E-state index in [4.69, 9.17) is 9.47 Å². The summed E-state index contributed by atoms with van der Waals surface area (Å²) in [6.07, 6.45) is 2.93. The number of esters is 1. The minimum absolute atomic E-state index is 0.189. The van der Waals surface area contributed by atoms with E-state index in [0.717, 1.165) is 25.0 Å². The van der Waals surface area contributed by atoms with Crippen molar-refractivity contribution in [2.24, 2.45) is 0 Å². The predicted molar refractivity (Wildman–Crippen MR) is 106 cm³/mol. The van der Waals surface area contributed by atoms with Crippen molar-refractivity contribution in [2.45, 2.75) is 39.5 Å². The fourth-order valence-corrected chi connectivity index (χ4v) is 2.45. The van der Waals surface area contributed by atoms with E-state index in [-0.39, 0.29) is 18.9 Å². The summed E-state index contributed by atoms with van der Waals surface area (Å²) in [6, 6.07) is 14.7. The highest BCUT2D eigenvalue weighted by Gasteiger charge is 2.14. The van der Waals surface area contributed by atoms with E-state index in [0.29, 0.717) is 17.9 Å². The molecular formula is C22H27NO4. The molecule has 0 aliphatic heterocycles. The quantitative estimate of drug-likeness (QED) is 0.490. The highest BCUT2D eigenvalue weighted by Crippen LogP contribution is 2.17. The number of anilines is 1. The molecule has 0 saturated heterocycles. The van der Waals surface area contributed by atoms with E-state index < -0.39 is 5.97 Å². The molecule has 1 N–H and O–H groups in total. The lowest BCUT2D eigenvalue weighted by atomic mass is 10.1. The van der Waals surface area contributed by atoms with Crippen LogP contribution in [0.25, 0.3) is 0 Å². The summed E-state index contributed by atoms with van der Waals surface area (Å²) < 4.78 is 10.8. The van der Waals surface area contributed by atoms with Crippen molar-refractivity contribution in [1.82, 2.24) is 0 Å². The van der Waals surface area contributed by atoms with Crippen molar-refractivity contribution >= 4 is 17.6 Å². The molecule has 2 rings (SSSR count). The Morgan fingerprint density at radius 1 is 0.963 bits per heavy atom. The lowest BCUT2D eigenvalue weighted by Gasteiger charge is -2.11. The number of carbonyl (C=O) groups excluding carboxylic acids is 2. The van der Waals surface area contributed by atoms with Crippen LogP contribution in [-0.2, 0) is 16.0 Å². The first-order valence-corrected chi connectivity index (χ1v) is 9.41. The average Bonchev–Trinajstić information content (AvgIpc) is 2.69. The number of carbonyl (C=O) groups is 2. The predicted octanol–water partition coefficient (Wildman–Crippen LogP) is 4.61. The second kappa shape index (κ2) is 11.0. The molecule has 0 atom stereocenters. The maximum absolute atomic E-state index is 12.2. The Morgan fingerprint density at radius 3 is 2.41 bits per heavy atom. The molecule has 0 heterocycles. The van der Waals surface area contributed by atoms with Gasteiger partial charge in [0.2, 0.25) is 5.91 Å². The molecule has 0 saturated carbocycles. The Hall–Kier alpha value is -2.82. The third-order valence-electron chi connectivity index (χ3n) is 4.08. The van der Waals surface area contributed by atoms with Crippen LogP contribution in [-0.4, -0.2) is 25.1 Å². The van der Waals surface area contributed by atoms with Crippen LogP contribution >= 0.6 is 0 Å². The van der Waals surface area contributed by atoms with Crippen LogP contribution in [0.4, 0.5) is 5.69 Å². The van der Waals surface area contributed by atoms with Crippen LogP contribution in [0.15, 0.2) is 48.5 Å². The van der Waals surface area contributed by atoms with Crippen molar-refractivity contribution in [2.75, 3.05) is 18.5 Å². The Balaban J connectivity index is 1.85. The molecule has 5 heteroatoms. The normalized spacial score (nSPS) is 10.3. The monoisotopic (exact) mass is 369 g/mol. The highest BCUT2D eigenvalue weighted by molar-refractivity contribution is 6.01. The van der Waals surface area contributed by atoms with E-state index in [1.165, 1.54) is 5.56 Å². The van der Waals surface area contributed by atoms with Crippen molar-refractivity contribution < 1.29 is 19.1 Å². The molecule has 1 amide bonds. The minimum atomic E-state index is -0.424. The van der Waals surface area contributed by atoms with Crippen molar-refractivity contribution in [1.29, 1.82) is 0 Å². The zero-order valence-corrected chi connectivity index (χ0v) is 16.0. The van der Waals surface area contributed by atoms with Crippen LogP contribution in [0, 0.1) is 0 Å². The van der Waals surface area contributed by atoms with E-state index in [1.54, 1.807) is 24.3 Å². The smallest absolute Gasteiger partial charge is 0.340 e. The van der Waals surface area contributed by atoms with Crippen molar-refractivity contribution in [3.63, 3.8) is 0 Å². The summed E-state index contributed by atoms with van der Waals surface area (Å²) >= 11 is 0. The van der Waals surface area contributed by atoms with E-state index in [2.05, 4.69) is 12.2 Å². The fraction of sp³-hybridized carbons (Fsp3) is 0.364. The van der Waals surface area contributed by atoms with Gasteiger partial charge >= 0.3 is 5.97 Å². The van der Waals surface area contributed by atoms with Crippen LogP contribution in [0.5, 0.6) is 5.75 Å². The molecule has 0 aliphatic rings. The summed E-state index contributed by atoms with van der Waals surface area (Å²) in [7, 11) is 0.